The normalized spacial score (nSPS) is 32.9. The van der Waals surface area contributed by atoms with E-state index >= 15 is 0 Å². The quantitative estimate of drug-likeness (QED) is 0.706. The van der Waals surface area contributed by atoms with Crippen LogP contribution in [0.4, 0.5) is 0 Å². The van der Waals surface area contributed by atoms with E-state index in [1.165, 1.54) is 0 Å². The Morgan fingerprint density at radius 3 is 2.14 bits per heavy atom. The van der Waals surface area contributed by atoms with Gasteiger partial charge in [-0.25, -0.2) is 0 Å². The molecule has 1 aliphatic rings. The van der Waals surface area contributed by atoms with Crippen LogP contribution in [0.25, 0.3) is 0 Å². The Bertz CT molecular complexity index is 276. The highest BCUT2D eigenvalue weighted by Gasteiger charge is 2.27. The van der Waals surface area contributed by atoms with E-state index in [1.54, 1.807) is 0 Å². The first-order valence-corrected chi connectivity index (χ1v) is 4.82. The van der Waals surface area contributed by atoms with E-state index in [1.807, 2.05) is 30.3 Å². The van der Waals surface area contributed by atoms with Crippen LogP contribution >= 0.6 is 0 Å². The van der Waals surface area contributed by atoms with Crippen molar-refractivity contribution in [1.29, 1.82) is 0 Å². The fourth-order valence-electron chi connectivity index (χ4n) is 1.87. The number of hydrogen-bond donors (Lipinski definition) is 2. The predicted molar refractivity (Wildman–Crippen MR) is 51.5 cm³/mol. The van der Waals surface area contributed by atoms with Gasteiger partial charge in [-0.05, 0) is 11.5 Å². The summed E-state index contributed by atoms with van der Waals surface area (Å²) in [5, 5.41) is 18.7. The molecule has 76 valence electrons. The maximum absolute atomic E-state index is 9.33. The summed E-state index contributed by atoms with van der Waals surface area (Å²) in [4.78, 5) is 0. The van der Waals surface area contributed by atoms with Crippen LogP contribution in [0.2, 0.25) is 0 Å². The fraction of sp³-hybridized carbons (Fsp3) is 0.455. The zero-order valence-electron chi connectivity index (χ0n) is 7.84. The van der Waals surface area contributed by atoms with Crippen molar-refractivity contribution in [2.24, 2.45) is 0 Å². The Morgan fingerprint density at radius 1 is 1.00 bits per heavy atom. The van der Waals surface area contributed by atoms with Gasteiger partial charge in [0.05, 0.1) is 0 Å². The standard InChI is InChI=1S/C11H14O3/c12-10-6-9(7-11(13)14-10)8-4-2-1-3-5-8/h1-5,9-13H,6-7H2. The van der Waals surface area contributed by atoms with Crippen LogP contribution in [0, 0.1) is 0 Å². The van der Waals surface area contributed by atoms with Gasteiger partial charge in [-0.2, -0.15) is 0 Å². The summed E-state index contributed by atoms with van der Waals surface area (Å²) in [7, 11) is 0. The Labute approximate surface area is 83.0 Å². The van der Waals surface area contributed by atoms with E-state index in [9.17, 15) is 10.2 Å². The zero-order valence-corrected chi connectivity index (χ0v) is 7.84. The molecule has 2 atom stereocenters. The molecule has 1 fully saturated rings. The van der Waals surface area contributed by atoms with Crippen molar-refractivity contribution in [3.05, 3.63) is 35.9 Å². The maximum Gasteiger partial charge on any atom is 0.158 e. The van der Waals surface area contributed by atoms with Gasteiger partial charge in [0.2, 0.25) is 0 Å². The molecule has 0 spiro atoms. The highest BCUT2D eigenvalue weighted by Crippen LogP contribution is 2.31. The van der Waals surface area contributed by atoms with Crippen LogP contribution in [-0.4, -0.2) is 22.8 Å². The van der Waals surface area contributed by atoms with Crippen LogP contribution in [-0.2, 0) is 4.74 Å². The summed E-state index contributed by atoms with van der Waals surface area (Å²) < 4.78 is 4.85. The maximum atomic E-state index is 9.33. The third kappa shape index (κ3) is 2.12. The Kier molecular flexibility index (Phi) is 2.82. The van der Waals surface area contributed by atoms with Crippen molar-refractivity contribution in [3.8, 4) is 0 Å². The summed E-state index contributed by atoms with van der Waals surface area (Å²) in [6.07, 6.45) is -0.574. The third-order valence-corrected chi connectivity index (χ3v) is 2.56. The largest absolute Gasteiger partial charge is 0.368 e. The lowest BCUT2D eigenvalue weighted by Gasteiger charge is -2.30. The van der Waals surface area contributed by atoms with Crippen molar-refractivity contribution < 1.29 is 14.9 Å². The monoisotopic (exact) mass is 194 g/mol. The van der Waals surface area contributed by atoms with Crippen molar-refractivity contribution in [1.82, 2.24) is 0 Å². The molecule has 1 heterocycles. The van der Waals surface area contributed by atoms with Crippen LogP contribution in [0.1, 0.15) is 24.3 Å². The molecule has 1 aromatic carbocycles. The highest BCUT2D eigenvalue weighted by molar-refractivity contribution is 5.19. The number of aliphatic hydroxyl groups excluding tert-OH is 2. The molecule has 1 saturated heterocycles. The van der Waals surface area contributed by atoms with Gasteiger partial charge < -0.3 is 14.9 Å². The minimum absolute atomic E-state index is 0.190. The molecular weight excluding hydrogens is 180 g/mol. The number of rotatable bonds is 1. The lowest BCUT2D eigenvalue weighted by molar-refractivity contribution is -0.236. The van der Waals surface area contributed by atoms with Crippen molar-refractivity contribution in [3.63, 3.8) is 0 Å². The fourth-order valence-corrected chi connectivity index (χ4v) is 1.87. The number of benzene rings is 1. The average molecular weight is 194 g/mol. The SMILES string of the molecule is OC1CC(c2ccccc2)CC(O)O1. The zero-order chi connectivity index (χ0) is 9.97. The molecule has 14 heavy (non-hydrogen) atoms. The molecule has 0 amide bonds. The smallest absolute Gasteiger partial charge is 0.158 e. The molecule has 3 nitrogen and oxygen atoms in total. The minimum atomic E-state index is -0.844. The third-order valence-electron chi connectivity index (χ3n) is 2.56. The van der Waals surface area contributed by atoms with E-state index in [4.69, 9.17) is 4.74 Å². The van der Waals surface area contributed by atoms with Crippen LogP contribution in [0.5, 0.6) is 0 Å². The first-order chi connectivity index (χ1) is 6.75. The Hall–Kier alpha value is -0.900. The molecule has 2 unspecified atom stereocenters. The second kappa shape index (κ2) is 4.09. The Balaban J connectivity index is 2.11. The molecule has 2 rings (SSSR count). The summed E-state index contributed by atoms with van der Waals surface area (Å²) in [6, 6.07) is 9.90. The van der Waals surface area contributed by atoms with Gasteiger partial charge in [0.25, 0.3) is 0 Å². The van der Waals surface area contributed by atoms with Crippen molar-refractivity contribution in [2.45, 2.75) is 31.3 Å². The van der Waals surface area contributed by atoms with E-state index in [-0.39, 0.29) is 5.92 Å². The Morgan fingerprint density at radius 2 is 1.57 bits per heavy atom. The van der Waals surface area contributed by atoms with E-state index in [0.29, 0.717) is 12.8 Å². The molecule has 0 aliphatic carbocycles. The van der Waals surface area contributed by atoms with Gasteiger partial charge in [-0.15, -0.1) is 0 Å². The van der Waals surface area contributed by atoms with Crippen LogP contribution in [0.15, 0.2) is 30.3 Å². The number of hydrogen-bond acceptors (Lipinski definition) is 3. The van der Waals surface area contributed by atoms with Gasteiger partial charge in [0.1, 0.15) is 0 Å². The van der Waals surface area contributed by atoms with E-state index in [0.717, 1.165) is 5.56 Å². The van der Waals surface area contributed by atoms with Gasteiger partial charge >= 0.3 is 0 Å². The molecule has 0 bridgehead atoms. The van der Waals surface area contributed by atoms with Crippen LogP contribution < -0.4 is 0 Å². The molecule has 0 radical (unpaired) electrons. The summed E-state index contributed by atoms with van der Waals surface area (Å²) in [5.41, 5.74) is 1.15. The molecule has 1 aromatic rings. The van der Waals surface area contributed by atoms with Gasteiger partial charge in [0.15, 0.2) is 12.6 Å². The molecular formula is C11H14O3. The van der Waals surface area contributed by atoms with Crippen molar-refractivity contribution >= 4 is 0 Å². The molecule has 0 aromatic heterocycles. The average Bonchev–Trinajstić information content (AvgIpc) is 2.18. The minimum Gasteiger partial charge on any atom is -0.368 e. The van der Waals surface area contributed by atoms with E-state index < -0.39 is 12.6 Å². The lowest BCUT2D eigenvalue weighted by Crippen LogP contribution is -2.31. The van der Waals surface area contributed by atoms with E-state index in [2.05, 4.69) is 0 Å². The molecule has 3 heteroatoms. The summed E-state index contributed by atoms with van der Waals surface area (Å²) in [5.74, 6) is 0.190. The first kappa shape index (κ1) is 9.65. The van der Waals surface area contributed by atoms with Gasteiger partial charge in [-0.3, -0.25) is 0 Å². The van der Waals surface area contributed by atoms with Crippen LogP contribution in [0.3, 0.4) is 0 Å². The van der Waals surface area contributed by atoms with Gasteiger partial charge in [0, 0.05) is 12.8 Å². The highest BCUT2D eigenvalue weighted by atomic mass is 16.7. The summed E-state index contributed by atoms with van der Waals surface area (Å²) in [6.45, 7) is 0. The molecule has 1 aliphatic heterocycles. The van der Waals surface area contributed by atoms with Crippen molar-refractivity contribution in [2.75, 3.05) is 0 Å². The summed E-state index contributed by atoms with van der Waals surface area (Å²) >= 11 is 0. The number of ether oxygens (including phenoxy) is 1. The first-order valence-electron chi connectivity index (χ1n) is 4.82. The lowest BCUT2D eigenvalue weighted by atomic mass is 9.90. The second-order valence-corrected chi connectivity index (χ2v) is 3.62. The molecule has 0 saturated carbocycles. The topological polar surface area (TPSA) is 49.7 Å². The second-order valence-electron chi connectivity index (χ2n) is 3.62. The number of aliphatic hydroxyl groups is 2. The predicted octanol–water partition coefficient (Wildman–Crippen LogP) is 1.22. The molecule has 2 N–H and O–H groups in total. The van der Waals surface area contributed by atoms with Gasteiger partial charge in [-0.1, -0.05) is 30.3 Å².